The first kappa shape index (κ1) is 15.6. The molecule has 1 aromatic carbocycles. The molecule has 2 aromatic rings. The first-order valence-electron chi connectivity index (χ1n) is 6.46. The largest absolute Gasteiger partial charge is 0.468 e. The molecule has 21 heavy (non-hydrogen) atoms. The fourth-order valence-electron chi connectivity index (χ4n) is 2.14. The number of rotatable bonds is 5. The van der Waals surface area contributed by atoms with E-state index in [4.69, 9.17) is 4.74 Å². The van der Waals surface area contributed by atoms with Gasteiger partial charge in [-0.05, 0) is 31.7 Å². The van der Waals surface area contributed by atoms with Crippen molar-refractivity contribution in [3.8, 4) is 0 Å². The predicted octanol–water partition coefficient (Wildman–Crippen LogP) is 2.94. The smallest absolute Gasteiger partial charge is 0.327 e. The minimum absolute atomic E-state index is 0.330. The second-order valence-corrected chi connectivity index (χ2v) is 6.06. The van der Waals surface area contributed by atoms with Gasteiger partial charge in [-0.25, -0.2) is 14.2 Å². The van der Waals surface area contributed by atoms with E-state index in [1.165, 1.54) is 19.2 Å². The zero-order chi connectivity index (χ0) is 15.4. The molecule has 6 heteroatoms. The van der Waals surface area contributed by atoms with Crippen molar-refractivity contribution in [3.63, 3.8) is 0 Å². The SMILES string of the molecule is COC(=O)[C@@H](c1ccc(F)cc1)N(C)Cc1cnc(C)s1. The third-order valence-corrected chi connectivity index (χ3v) is 4.02. The molecule has 2 rings (SSSR count). The number of hydrogen-bond donors (Lipinski definition) is 0. The molecule has 0 amide bonds. The van der Waals surface area contributed by atoms with Crippen LogP contribution in [0.3, 0.4) is 0 Å². The van der Waals surface area contributed by atoms with Gasteiger partial charge in [-0.1, -0.05) is 12.1 Å². The summed E-state index contributed by atoms with van der Waals surface area (Å²) in [6, 6.07) is 5.32. The van der Waals surface area contributed by atoms with E-state index in [9.17, 15) is 9.18 Å². The van der Waals surface area contributed by atoms with E-state index in [0.29, 0.717) is 12.1 Å². The van der Waals surface area contributed by atoms with Crippen LogP contribution < -0.4 is 0 Å². The maximum Gasteiger partial charge on any atom is 0.327 e. The molecule has 0 fully saturated rings. The van der Waals surface area contributed by atoms with Crippen molar-refractivity contribution in [1.29, 1.82) is 0 Å². The van der Waals surface area contributed by atoms with Gasteiger partial charge in [0.15, 0.2) is 0 Å². The van der Waals surface area contributed by atoms with Crippen LogP contribution in [0.2, 0.25) is 0 Å². The monoisotopic (exact) mass is 308 g/mol. The molecule has 0 aliphatic heterocycles. The van der Waals surface area contributed by atoms with Crippen molar-refractivity contribution >= 4 is 17.3 Å². The maximum absolute atomic E-state index is 13.0. The van der Waals surface area contributed by atoms with Crippen molar-refractivity contribution in [2.24, 2.45) is 0 Å². The van der Waals surface area contributed by atoms with Gasteiger partial charge in [0.25, 0.3) is 0 Å². The highest BCUT2D eigenvalue weighted by Crippen LogP contribution is 2.24. The Morgan fingerprint density at radius 3 is 2.62 bits per heavy atom. The lowest BCUT2D eigenvalue weighted by Gasteiger charge is -2.25. The highest BCUT2D eigenvalue weighted by Gasteiger charge is 2.26. The zero-order valence-electron chi connectivity index (χ0n) is 12.2. The Bertz CT molecular complexity index is 612. The van der Waals surface area contributed by atoms with Gasteiger partial charge in [0, 0.05) is 17.6 Å². The van der Waals surface area contributed by atoms with Gasteiger partial charge in [-0.15, -0.1) is 11.3 Å². The molecular weight excluding hydrogens is 291 g/mol. The Hall–Kier alpha value is -1.79. The normalized spacial score (nSPS) is 12.4. The van der Waals surface area contributed by atoms with Crippen LogP contribution in [0.25, 0.3) is 0 Å². The summed E-state index contributed by atoms with van der Waals surface area (Å²) in [6.07, 6.45) is 1.80. The van der Waals surface area contributed by atoms with E-state index in [1.807, 2.05) is 18.9 Å². The molecule has 0 saturated heterocycles. The Labute approximate surface area is 127 Å². The van der Waals surface area contributed by atoms with E-state index in [-0.39, 0.29) is 11.8 Å². The minimum Gasteiger partial charge on any atom is -0.468 e. The molecule has 0 aliphatic rings. The number of carbonyl (C=O) groups excluding carboxylic acids is 1. The van der Waals surface area contributed by atoms with Gasteiger partial charge in [0.2, 0.25) is 0 Å². The van der Waals surface area contributed by atoms with Crippen LogP contribution in [-0.4, -0.2) is 30.0 Å². The Morgan fingerprint density at radius 2 is 2.10 bits per heavy atom. The molecule has 0 spiro atoms. The van der Waals surface area contributed by atoms with Gasteiger partial charge < -0.3 is 4.74 Å². The van der Waals surface area contributed by atoms with Crippen LogP contribution in [-0.2, 0) is 16.1 Å². The molecule has 1 atom stereocenters. The average Bonchev–Trinajstić information content (AvgIpc) is 2.86. The molecule has 1 aromatic heterocycles. The van der Waals surface area contributed by atoms with Gasteiger partial charge in [-0.3, -0.25) is 4.90 Å². The standard InChI is InChI=1S/C15H17FN2O2S/c1-10-17-8-13(21-10)9-18(2)14(15(19)20-3)11-4-6-12(16)7-5-11/h4-8,14H,9H2,1-3H3/t14-/m1/s1. The van der Waals surface area contributed by atoms with E-state index in [0.717, 1.165) is 9.88 Å². The highest BCUT2D eigenvalue weighted by atomic mass is 32.1. The summed E-state index contributed by atoms with van der Waals surface area (Å²) < 4.78 is 17.9. The number of aromatic nitrogens is 1. The molecule has 0 bridgehead atoms. The summed E-state index contributed by atoms with van der Waals surface area (Å²) in [7, 11) is 3.18. The van der Waals surface area contributed by atoms with E-state index < -0.39 is 6.04 Å². The average molecular weight is 308 g/mol. The van der Waals surface area contributed by atoms with Gasteiger partial charge in [-0.2, -0.15) is 0 Å². The summed E-state index contributed by atoms with van der Waals surface area (Å²) >= 11 is 1.59. The Balaban J connectivity index is 2.22. The van der Waals surface area contributed by atoms with Gasteiger partial charge in [0.05, 0.1) is 12.1 Å². The van der Waals surface area contributed by atoms with Gasteiger partial charge >= 0.3 is 5.97 Å². The first-order valence-corrected chi connectivity index (χ1v) is 7.27. The molecule has 0 N–H and O–H groups in total. The van der Waals surface area contributed by atoms with Gasteiger partial charge in [0.1, 0.15) is 11.9 Å². The topological polar surface area (TPSA) is 42.4 Å². The second-order valence-electron chi connectivity index (χ2n) is 4.74. The number of nitrogens with zero attached hydrogens (tertiary/aromatic N) is 2. The van der Waals surface area contributed by atoms with E-state index >= 15 is 0 Å². The highest BCUT2D eigenvalue weighted by molar-refractivity contribution is 7.11. The molecular formula is C15H17FN2O2S. The van der Waals surface area contributed by atoms with Crippen LogP contribution in [0.5, 0.6) is 0 Å². The number of carbonyl (C=O) groups is 1. The van der Waals surface area contributed by atoms with Crippen LogP contribution in [0.15, 0.2) is 30.5 Å². The maximum atomic E-state index is 13.0. The summed E-state index contributed by atoms with van der Waals surface area (Å²) in [5.41, 5.74) is 0.701. The fraction of sp³-hybridized carbons (Fsp3) is 0.333. The number of ether oxygens (including phenoxy) is 1. The number of aryl methyl sites for hydroxylation is 1. The number of esters is 1. The number of benzene rings is 1. The molecule has 0 aliphatic carbocycles. The summed E-state index contributed by atoms with van der Waals surface area (Å²) in [4.78, 5) is 19.2. The summed E-state index contributed by atoms with van der Waals surface area (Å²) in [5, 5.41) is 0.981. The molecule has 0 saturated carbocycles. The lowest BCUT2D eigenvalue weighted by molar-refractivity contribution is -0.147. The quantitative estimate of drug-likeness (QED) is 0.797. The van der Waals surface area contributed by atoms with Crippen molar-refractivity contribution in [2.75, 3.05) is 14.2 Å². The molecule has 0 unspecified atom stereocenters. The predicted molar refractivity (Wildman–Crippen MR) is 79.5 cm³/mol. The molecule has 112 valence electrons. The number of methoxy groups -OCH3 is 1. The van der Waals surface area contributed by atoms with E-state index in [2.05, 4.69) is 4.98 Å². The molecule has 4 nitrogen and oxygen atoms in total. The third kappa shape index (κ3) is 3.86. The zero-order valence-corrected chi connectivity index (χ0v) is 13.0. The van der Waals surface area contributed by atoms with Crippen molar-refractivity contribution in [1.82, 2.24) is 9.88 Å². The lowest BCUT2D eigenvalue weighted by atomic mass is 10.1. The van der Waals surface area contributed by atoms with Crippen LogP contribution in [0.1, 0.15) is 21.5 Å². The third-order valence-electron chi connectivity index (χ3n) is 3.13. The first-order chi connectivity index (χ1) is 10.0. The Morgan fingerprint density at radius 1 is 1.43 bits per heavy atom. The molecule has 1 heterocycles. The Kier molecular flexibility index (Phi) is 5.03. The number of thiazole rings is 1. The van der Waals surface area contributed by atoms with Crippen molar-refractivity contribution < 1.29 is 13.9 Å². The van der Waals surface area contributed by atoms with Crippen molar-refractivity contribution in [3.05, 3.63) is 51.7 Å². The number of halogens is 1. The van der Waals surface area contributed by atoms with Crippen LogP contribution in [0.4, 0.5) is 4.39 Å². The molecule has 0 radical (unpaired) electrons. The number of hydrogen-bond acceptors (Lipinski definition) is 5. The van der Waals surface area contributed by atoms with E-state index in [1.54, 1.807) is 29.7 Å². The fourth-order valence-corrected chi connectivity index (χ4v) is 3.00. The van der Waals surface area contributed by atoms with Crippen molar-refractivity contribution in [2.45, 2.75) is 19.5 Å². The van der Waals surface area contributed by atoms with Crippen LogP contribution >= 0.6 is 11.3 Å². The lowest BCUT2D eigenvalue weighted by Crippen LogP contribution is -2.31. The minimum atomic E-state index is -0.571. The summed E-state index contributed by atoms with van der Waals surface area (Å²) in [5.74, 6) is -0.701. The second kappa shape index (κ2) is 6.78. The summed E-state index contributed by atoms with van der Waals surface area (Å²) in [6.45, 7) is 2.51. The number of likely N-dealkylation sites (N-methyl/N-ethyl adjacent to an activating group) is 1. The van der Waals surface area contributed by atoms with Crippen LogP contribution in [0, 0.1) is 12.7 Å².